The van der Waals surface area contributed by atoms with Crippen molar-refractivity contribution >= 4 is 21.8 Å². The summed E-state index contributed by atoms with van der Waals surface area (Å²) in [5, 5.41) is 2.83. The number of hydrogen-bond donors (Lipinski definition) is 1. The molecule has 0 radical (unpaired) electrons. The highest BCUT2D eigenvalue weighted by molar-refractivity contribution is 7.89. The first-order chi connectivity index (χ1) is 14.2. The van der Waals surface area contributed by atoms with E-state index in [-0.39, 0.29) is 28.9 Å². The molecule has 8 nitrogen and oxygen atoms in total. The summed E-state index contributed by atoms with van der Waals surface area (Å²) in [4.78, 5) is 25.8. The van der Waals surface area contributed by atoms with Gasteiger partial charge in [-0.15, -0.1) is 0 Å². The fourth-order valence-corrected chi connectivity index (χ4v) is 5.65. The van der Waals surface area contributed by atoms with Gasteiger partial charge in [-0.1, -0.05) is 0 Å². The largest absolute Gasteiger partial charge is 0.373 e. The number of carbonyl (C=O) groups excluding carboxylic acids is 2. The van der Waals surface area contributed by atoms with E-state index in [9.17, 15) is 18.0 Å². The lowest BCUT2D eigenvalue weighted by atomic mass is 9.96. The number of nitrogens with zero attached hydrogens (tertiary/aromatic N) is 2. The molecular formula is C21H31N3O5S. The zero-order valence-corrected chi connectivity index (χ0v) is 18.7. The van der Waals surface area contributed by atoms with Gasteiger partial charge in [0.1, 0.15) is 0 Å². The molecule has 2 unspecified atom stereocenters. The Hall–Kier alpha value is -1.97. The van der Waals surface area contributed by atoms with Crippen LogP contribution in [0.25, 0.3) is 0 Å². The molecule has 2 aliphatic heterocycles. The molecule has 0 aromatic heterocycles. The highest BCUT2D eigenvalue weighted by atomic mass is 32.2. The molecule has 0 spiro atoms. The first kappa shape index (κ1) is 22.7. The fraction of sp³-hybridized carbons (Fsp3) is 0.619. The molecule has 9 heteroatoms. The summed E-state index contributed by atoms with van der Waals surface area (Å²) < 4.78 is 33.0. The maximum atomic E-state index is 13.0. The third-order valence-corrected chi connectivity index (χ3v) is 7.51. The summed E-state index contributed by atoms with van der Waals surface area (Å²) in [6.07, 6.45) is 1.37. The summed E-state index contributed by atoms with van der Waals surface area (Å²) in [5.74, 6) is 0.249. The van der Waals surface area contributed by atoms with Crippen molar-refractivity contribution in [1.82, 2.24) is 14.5 Å². The lowest BCUT2D eigenvalue weighted by Crippen LogP contribution is -2.48. The van der Waals surface area contributed by atoms with Gasteiger partial charge < -0.3 is 15.0 Å². The number of sulfonamides is 1. The van der Waals surface area contributed by atoms with Crippen LogP contribution in [0, 0.1) is 5.92 Å². The summed E-state index contributed by atoms with van der Waals surface area (Å²) in [7, 11) is -3.62. The molecule has 3 rings (SSSR count). The van der Waals surface area contributed by atoms with E-state index >= 15 is 0 Å². The van der Waals surface area contributed by atoms with Crippen LogP contribution in [0.1, 0.15) is 44.0 Å². The molecule has 0 aliphatic carbocycles. The van der Waals surface area contributed by atoms with E-state index in [0.717, 1.165) is 12.8 Å². The number of likely N-dealkylation sites (tertiary alicyclic amines) is 1. The zero-order chi connectivity index (χ0) is 21.9. The number of ether oxygens (including phenoxy) is 1. The Bertz CT molecular complexity index is 853. The quantitative estimate of drug-likeness (QED) is 0.753. The second kappa shape index (κ2) is 9.45. The van der Waals surface area contributed by atoms with Gasteiger partial charge in [0.05, 0.1) is 17.1 Å². The number of carbonyl (C=O) groups is 2. The van der Waals surface area contributed by atoms with Gasteiger partial charge in [-0.3, -0.25) is 9.59 Å². The van der Waals surface area contributed by atoms with Crippen LogP contribution in [0.5, 0.6) is 0 Å². The summed E-state index contributed by atoms with van der Waals surface area (Å²) in [5.41, 5.74) is 0.484. The first-order valence-corrected chi connectivity index (χ1v) is 11.9. The van der Waals surface area contributed by atoms with Crippen LogP contribution < -0.4 is 5.32 Å². The minimum absolute atomic E-state index is 0.0375. The number of benzene rings is 1. The van der Waals surface area contributed by atoms with Crippen molar-refractivity contribution in [2.45, 2.75) is 50.7 Å². The molecule has 0 saturated carbocycles. The second-order valence-corrected chi connectivity index (χ2v) is 10.2. The van der Waals surface area contributed by atoms with Crippen LogP contribution in [-0.4, -0.2) is 74.4 Å². The Balaban J connectivity index is 1.61. The highest BCUT2D eigenvalue weighted by Gasteiger charge is 2.32. The molecule has 2 heterocycles. The van der Waals surface area contributed by atoms with Gasteiger partial charge in [0.25, 0.3) is 5.91 Å². The molecule has 1 aromatic rings. The summed E-state index contributed by atoms with van der Waals surface area (Å²) >= 11 is 0. The lowest BCUT2D eigenvalue weighted by Gasteiger charge is -2.34. The molecule has 1 N–H and O–H groups in total. The second-order valence-electron chi connectivity index (χ2n) is 8.28. The summed E-state index contributed by atoms with van der Waals surface area (Å²) in [6.45, 7) is 7.77. The van der Waals surface area contributed by atoms with Crippen LogP contribution in [0.4, 0.5) is 0 Å². The standard InChI is InChI=1S/C21H31N3O5S/c1-15-13-24(14-16(2)29-15)30(27,28)20-6-4-19(5-7-20)21(26)23-10-8-18(9-11-23)12-22-17(3)25/h4-7,15-16,18H,8-14H2,1-3H3,(H,22,25). The predicted molar refractivity (Wildman–Crippen MR) is 113 cm³/mol. The van der Waals surface area contributed by atoms with Crippen molar-refractivity contribution in [3.63, 3.8) is 0 Å². The van der Waals surface area contributed by atoms with Crippen molar-refractivity contribution in [2.24, 2.45) is 5.92 Å². The van der Waals surface area contributed by atoms with Crippen LogP contribution in [0.3, 0.4) is 0 Å². The van der Waals surface area contributed by atoms with E-state index in [4.69, 9.17) is 4.74 Å². The van der Waals surface area contributed by atoms with Gasteiger partial charge in [0.2, 0.25) is 15.9 Å². The number of piperidine rings is 1. The average Bonchev–Trinajstić information content (AvgIpc) is 2.71. The number of morpholine rings is 1. The molecule has 166 valence electrons. The van der Waals surface area contributed by atoms with Gasteiger partial charge in [-0.2, -0.15) is 4.31 Å². The van der Waals surface area contributed by atoms with Gasteiger partial charge in [-0.05, 0) is 56.9 Å². The third-order valence-electron chi connectivity index (χ3n) is 5.67. The van der Waals surface area contributed by atoms with E-state index in [1.165, 1.54) is 23.4 Å². The lowest BCUT2D eigenvalue weighted by molar-refractivity contribution is -0.119. The Kier molecular flexibility index (Phi) is 7.15. The van der Waals surface area contributed by atoms with Crippen molar-refractivity contribution in [3.05, 3.63) is 29.8 Å². The molecule has 2 atom stereocenters. The van der Waals surface area contributed by atoms with Gasteiger partial charge in [0.15, 0.2) is 0 Å². The third kappa shape index (κ3) is 5.39. The monoisotopic (exact) mass is 437 g/mol. The van der Waals surface area contributed by atoms with Crippen molar-refractivity contribution in [3.8, 4) is 0 Å². The Morgan fingerprint density at radius 2 is 1.63 bits per heavy atom. The van der Waals surface area contributed by atoms with Gasteiger partial charge in [0, 0.05) is 45.2 Å². The molecule has 2 aliphatic rings. The summed E-state index contributed by atoms with van der Waals surface area (Å²) in [6, 6.07) is 6.20. The van der Waals surface area contributed by atoms with Gasteiger partial charge in [-0.25, -0.2) is 8.42 Å². The predicted octanol–water partition coefficient (Wildman–Crippen LogP) is 1.47. The van der Waals surface area contributed by atoms with Gasteiger partial charge >= 0.3 is 0 Å². The minimum atomic E-state index is -3.62. The van der Waals surface area contributed by atoms with Crippen molar-refractivity contribution < 1.29 is 22.7 Å². The molecule has 2 fully saturated rings. The molecule has 30 heavy (non-hydrogen) atoms. The van der Waals surface area contributed by atoms with Crippen LogP contribution >= 0.6 is 0 Å². The smallest absolute Gasteiger partial charge is 0.253 e. The minimum Gasteiger partial charge on any atom is -0.373 e. The first-order valence-electron chi connectivity index (χ1n) is 10.5. The number of nitrogens with one attached hydrogen (secondary N) is 1. The van der Waals surface area contributed by atoms with E-state index in [1.807, 2.05) is 13.8 Å². The number of hydrogen-bond acceptors (Lipinski definition) is 5. The Morgan fingerprint density at radius 3 is 2.17 bits per heavy atom. The van der Waals surface area contributed by atoms with Crippen molar-refractivity contribution in [1.29, 1.82) is 0 Å². The molecule has 1 aromatic carbocycles. The fourth-order valence-electron chi connectivity index (χ4n) is 4.06. The molecule has 2 amide bonds. The maximum Gasteiger partial charge on any atom is 0.253 e. The normalized spacial score (nSPS) is 23.9. The van der Waals surface area contributed by atoms with Crippen molar-refractivity contribution in [2.75, 3.05) is 32.7 Å². The Labute approximate surface area is 178 Å². The van der Waals surface area contributed by atoms with Crippen LogP contribution in [-0.2, 0) is 19.6 Å². The van der Waals surface area contributed by atoms with Crippen LogP contribution in [0.2, 0.25) is 0 Å². The molecular weight excluding hydrogens is 406 g/mol. The van der Waals surface area contributed by atoms with E-state index in [0.29, 0.717) is 44.2 Å². The Morgan fingerprint density at radius 1 is 1.07 bits per heavy atom. The van der Waals surface area contributed by atoms with E-state index in [2.05, 4.69) is 5.32 Å². The zero-order valence-electron chi connectivity index (χ0n) is 17.8. The number of rotatable bonds is 5. The SMILES string of the molecule is CC(=O)NCC1CCN(C(=O)c2ccc(S(=O)(=O)N3CC(C)OC(C)C3)cc2)CC1. The van der Waals surface area contributed by atoms with E-state index in [1.54, 1.807) is 17.0 Å². The molecule has 0 bridgehead atoms. The van der Waals surface area contributed by atoms with E-state index < -0.39 is 10.0 Å². The average molecular weight is 438 g/mol. The topological polar surface area (TPSA) is 96.0 Å². The maximum absolute atomic E-state index is 13.0. The van der Waals surface area contributed by atoms with Crippen LogP contribution in [0.15, 0.2) is 29.2 Å². The number of amides is 2. The highest BCUT2D eigenvalue weighted by Crippen LogP contribution is 2.23. The molecule has 2 saturated heterocycles.